The summed E-state index contributed by atoms with van der Waals surface area (Å²) in [4.78, 5) is 10.7. The van der Waals surface area contributed by atoms with E-state index in [0.717, 1.165) is 5.69 Å². The molecular formula is C26H22N4O2. The molecule has 3 fully saturated rings. The van der Waals surface area contributed by atoms with Crippen LogP contribution >= 0.6 is 0 Å². The lowest BCUT2D eigenvalue weighted by Gasteiger charge is -2.29. The lowest BCUT2D eigenvalue weighted by molar-refractivity contribution is -0.384. The predicted octanol–water partition coefficient (Wildman–Crippen LogP) is 5.40. The number of fused-ring (bicyclic) bond motifs is 8. The number of non-ortho nitro benzene ring substituents is 1. The predicted molar refractivity (Wildman–Crippen MR) is 120 cm³/mol. The molecule has 3 saturated carbocycles. The van der Waals surface area contributed by atoms with E-state index in [1.54, 1.807) is 24.3 Å². The summed E-state index contributed by atoms with van der Waals surface area (Å²) in [7, 11) is 0. The highest BCUT2D eigenvalue weighted by Gasteiger charge is 2.81. The summed E-state index contributed by atoms with van der Waals surface area (Å²) in [5.74, 6) is 2.18. The van der Waals surface area contributed by atoms with Gasteiger partial charge in [-0.15, -0.1) is 0 Å². The normalized spacial score (nSPS) is 32.6. The van der Waals surface area contributed by atoms with Crippen molar-refractivity contribution in [2.45, 2.75) is 23.9 Å². The molecule has 0 aromatic heterocycles. The van der Waals surface area contributed by atoms with Crippen LogP contribution in [0.1, 0.15) is 17.5 Å². The van der Waals surface area contributed by atoms with E-state index in [1.165, 1.54) is 17.5 Å². The van der Waals surface area contributed by atoms with Gasteiger partial charge in [0.1, 0.15) is 0 Å². The van der Waals surface area contributed by atoms with E-state index in [9.17, 15) is 10.1 Å². The number of anilines is 1. The molecule has 3 aromatic carbocycles. The molecule has 1 heterocycles. The molecule has 0 amide bonds. The Hall–Kier alpha value is -3.54. The average molecular weight is 422 g/mol. The number of benzene rings is 3. The molecule has 0 saturated heterocycles. The first-order valence-electron chi connectivity index (χ1n) is 11.3. The number of hydrogen-bond donors (Lipinski definition) is 0. The summed E-state index contributed by atoms with van der Waals surface area (Å²) in [5.41, 5.74) is 3.87. The Labute approximate surface area is 185 Å². The fourth-order valence-corrected chi connectivity index (χ4v) is 7.44. The second kappa shape index (κ2) is 6.25. The van der Waals surface area contributed by atoms with E-state index in [2.05, 4.69) is 65.9 Å². The quantitative estimate of drug-likeness (QED) is 0.417. The van der Waals surface area contributed by atoms with Crippen LogP contribution < -0.4 is 5.01 Å². The highest BCUT2D eigenvalue weighted by molar-refractivity contribution is 5.57. The fourth-order valence-electron chi connectivity index (χ4n) is 7.44. The monoisotopic (exact) mass is 422 g/mol. The molecule has 6 nitrogen and oxygen atoms in total. The molecule has 6 atom stereocenters. The molecule has 1 aliphatic heterocycles. The molecule has 0 N–H and O–H groups in total. The van der Waals surface area contributed by atoms with Crippen LogP contribution in [-0.2, 0) is 5.41 Å². The molecule has 6 heteroatoms. The maximum absolute atomic E-state index is 11.1. The van der Waals surface area contributed by atoms with Gasteiger partial charge in [-0.1, -0.05) is 65.9 Å². The molecule has 4 aliphatic rings. The third-order valence-electron chi connectivity index (χ3n) is 8.42. The van der Waals surface area contributed by atoms with Crippen LogP contribution in [0.25, 0.3) is 0 Å². The summed E-state index contributed by atoms with van der Waals surface area (Å²) < 4.78 is 0. The third kappa shape index (κ3) is 2.14. The first-order valence-corrected chi connectivity index (χ1v) is 11.3. The van der Waals surface area contributed by atoms with E-state index < -0.39 is 0 Å². The second-order valence-electron chi connectivity index (χ2n) is 9.52. The van der Waals surface area contributed by atoms with E-state index in [1.807, 2.05) is 5.01 Å². The van der Waals surface area contributed by atoms with E-state index >= 15 is 0 Å². The first kappa shape index (κ1) is 18.1. The lowest BCUT2D eigenvalue weighted by atomic mass is 9.78. The molecule has 158 valence electrons. The number of rotatable bonds is 4. The minimum atomic E-state index is -0.363. The molecule has 3 aliphatic carbocycles. The Bertz CT molecular complexity index is 1190. The second-order valence-corrected chi connectivity index (χ2v) is 9.52. The number of nitrogens with zero attached hydrogens (tertiary/aromatic N) is 4. The fraction of sp³-hybridized carbons (Fsp3) is 0.308. The minimum absolute atomic E-state index is 0.0527. The van der Waals surface area contributed by atoms with Crippen molar-refractivity contribution in [1.29, 1.82) is 0 Å². The number of nitro groups is 1. The van der Waals surface area contributed by atoms with Gasteiger partial charge < -0.3 is 0 Å². The molecule has 3 aromatic rings. The van der Waals surface area contributed by atoms with Gasteiger partial charge in [0.25, 0.3) is 5.69 Å². The van der Waals surface area contributed by atoms with Gasteiger partial charge in [-0.2, -0.15) is 5.11 Å². The van der Waals surface area contributed by atoms with Crippen LogP contribution in [0.4, 0.5) is 11.4 Å². The SMILES string of the molecule is O=[N+]([O-])c1ccc(N2N=N[C@@H]3[C@H]4C[C@@H]([C@@H]32)[C@@H]2[C@H]4C2(c2ccccc2)c2ccccc2)cc1. The lowest BCUT2D eigenvalue weighted by Crippen LogP contribution is -2.40. The highest BCUT2D eigenvalue weighted by Crippen LogP contribution is 2.79. The molecule has 2 bridgehead atoms. The Morgan fingerprint density at radius 3 is 2.03 bits per heavy atom. The van der Waals surface area contributed by atoms with Crippen molar-refractivity contribution in [3.05, 3.63) is 106 Å². The maximum atomic E-state index is 11.1. The van der Waals surface area contributed by atoms with E-state index in [-0.39, 0.29) is 28.1 Å². The third-order valence-corrected chi connectivity index (χ3v) is 8.42. The summed E-state index contributed by atoms with van der Waals surface area (Å²) in [6.07, 6.45) is 1.19. The molecular weight excluding hydrogens is 400 g/mol. The zero-order valence-corrected chi connectivity index (χ0v) is 17.4. The summed E-state index contributed by atoms with van der Waals surface area (Å²) in [6, 6.07) is 29.1. The van der Waals surface area contributed by atoms with Crippen molar-refractivity contribution >= 4 is 11.4 Å². The summed E-state index contributed by atoms with van der Waals surface area (Å²) in [6.45, 7) is 0. The molecule has 0 spiro atoms. The molecule has 32 heavy (non-hydrogen) atoms. The maximum Gasteiger partial charge on any atom is 0.269 e. The van der Waals surface area contributed by atoms with Crippen molar-refractivity contribution in [2.24, 2.45) is 34.0 Å². The standard InChI is InChI=1S/C26H22N4O2/c31-30(32)19-13-11-18(12-14-19)29-25-21-15-20(24(25)27-28-29)22-23(21)26(22,16-7-3-1-4-8-16)17-9-5-2-6-10-17/h1-14,20-25H,15H2/t20-,21+,22-,23+,24+,25-/m0/s1. The van der Waals surface area contributed by atoms with Crippen molar-refractivity contribution in [1.82, 2.24) is 0 Å². The van der Waals surface area contributed by atoms with Crippen LogP contribution in [0.15, 0.2) is 95.3 Å². The Balaban J connectivity index is 1.28. The van der Waals surface area contributed by atoms with Gasteiger partial charge in [-0.25, -0.2) is 5.01 Å². The van der Waals surface area contributed by atoms with Crippen molar-refractivity contribution in [3.8, 4) is 0 Å². The van der Waals surface area contributed by atoms with Crippen LogP contribution in [0.5, 0.6) is 0 Å². The largest absolute Gasteiger partial charge is 0.269 e. The zero-order valence-electron chi connectivity index (χ0n) is 17.4. The Morgan fingerprint density at radius 2 is 1.44 bits per heavy atom. The number of hydrogen-bond acceptors (Lipinski definition) is 5. The van der Waals surface area contributed by atoms with Gasteiger partial charge in [0.15, 0.2) is 0 Å². The van der Waals surface area contributed by atoms with Crippen LogP contribution in [0.3, 0.4) is 0 Å². The van der Waals surface area contributed by atoms with Crippen LogP contribution in [0.2, 0.25) is 0 Å². The van der Waals surface area contributed by atoms with E-state index in [0.29, 0.717) is 23.7 Å². The summed E-state index contributed by atoms with van der Waals surface area (Å²) in [5, 5.41) is 22.4. The zero-order chi connectivity index (χ0) is 21.4. The van der Waals surface area contributed by atoms with Crippen molar-refractivity contribution in [2.75, 3.05) is 5.01 Å². The van der Waals surface area contributed by atoms with Gasteiger partial charge in [0.05, 0.1) is 22.7 Å². The van der Waals surface area contributed by atoms with Gasteiger partial charge >= 0.3 is 0 Å². The Kier molecular flexibility index (Phi) is 3.53. The van der Waals surface area contributed by atoms with Crippen molar-refractivity contribution in [3.63, 3.8) is 0 Å². The smallest absolute Gasteiger partial charge is 0.258 e. The summed E-state index contributed by atoms with van der Waals surface area (Å²) >= 11 is 0. The van der Waals surface area contributed by atoms with Gasteiger partial charge in [-0.3, -0.25) is 10.1 Å². The van der Waals surface area contributed by atoms with Gasteiger partial charge in [-0.05, 0) is 53.4 Å². The Morgan fingerprint density at radius 1 is 0.844 bits per heavy atom. The first-order chi connectivity index (χ1) is 15.7. The average Bonchev–Trinajstić information content (AvgIpc) is 3.14. The molecule has 0 unspecified atom stereocenters. The highest BCUT2D eigenvalue weighted by atomic mass is 16.6. The van der Waals surface area contributed by atoms with E-state index in [4.69, 9.17) is 5.11 Å². The molecule has 0 radical (unpaired) electrons. The van der Waals surface area contributed by atoms with Gasteiger partial charge in [0.2, 0.25) is 0 Å². The van der Waals surface area contributed by atoms with Gasteiger partial charge in [0, 0.05) is 17.5 Å². The number of nitro benzene ring substituents is 1. The topological polar surface area (TPSA) is 71.1 Å². The molecule has 7 rings (SSSR count). The van der Waals surface area contributed by atoms with Crippen LogP contribution in [0, 0.1) is 33.8 Å². The van der Waals surface area contributed by atoms with Crippen molar-refractivity contribution < 1.29 is 4.92 Å². The van der Waals surface area contributed by atoms with Crippen LogP contribution in [-0.4, -0.2) is 17.0 Å². The minimum Gasteiger partial charge on any atom is -0.258 e.